The SMILES string of the molecule is CN(C)C(=O)c1cc2cnc(Nc3ccc(N4CCC(N5CCN(Cc6ccc7c(c6)CN(C6CCC(=O)NC6=O)C7=O)CC5)CC4)cn3)nc2n1C1CCCC1. The summed E-state index contributed by atoms with van der Waals surface area (Å²) in [5.41, 5.74) is 5.35. The van der Waals surface area contributed by atoms with Gasteiger partial charge in [0.2, 0.25) is 17.8 Å². The van der Waals surface area contributed by atoms with Gasteiger partial charge < -0.3 is 24.6 Å². The number of carbonyl (C=O) groups excluding carboxylic acids is 4. The Morgan fingerprint density at radius 3 is 2.39 bits per heavy atom. The number of nitrogens with zero attached hydrogens (tertiary/aromatic N) is 9. The molecule has 5 aliphatic rings. The van der Waals surface area contributed by atoms with Gasteiger partial charge in [0.15, 0.2) is 0 Å². The molecule has 1 aliphatic carbocycles. The lowest BCUT2D eigenvalue weighted by Gasteiger charge is -2.43. The Labute approximate surface area is 332 Å². The quantitative estimate of drug-likeness (QED) is 0.238. The summed E-state index contributed by atoms with van der Waals surface area (Å²) in [5, 5.41) is 6.54. The van der Waals surface area contributed by atoms with Crippen molar-refractivity contribution in [3.8, 4) is 0 Å². The number of piperidine rings is 2. The number of hydrogen-bond donors (Lipinski definition) is 2. The van der Waals surface area contributed by atoms with Crippen LogP contribution in [-0.4, -0.2) is 128 Å². The van der Waals surface area contributed by atoms with Gasteiger partial charge in [-0.05, 0) is 67.5 Å². The Morgan fingerprint density at radius 2 is 1.67 bits per heavy atom. The minimum Gasteiger partial charge on any atom is -0.370 e. The highest BCUT2D eigenvalue weighted by molar-refractivity contribution is 6.05. The van der Waals surface area contributed by atoms with Crippen molar-refractivity contribution in [2.75, 3.05) is 63.6 Å². The van der Waals surface area contributed by atoms with Crippen LogP contribution in [0.4, 0.5) is 17.5 Å². The second-order valence-electron chi connectivity index (χ2n) is 16.5. The molecule has 0 spiro atoms. The van der Waals surface area contributed by atoms with Crippen LogP contribution in [0.1, 0.15) is 89.4 Å². The van der Waals surface area contributed by atoms with E-state index in [1.54, 1.807) is 30.1 Å². The van der Waals surface area contributed by atoms with Crippen LogP contribution < -0.4 is 15.5 Å². The van der Waals surface area contributed by atoms with Crippen LogP contribution in [0.3, 0.4) is 0 Å². The lowest BCUT2D eigenvalue weighted by Crippen LogP contribution is -2.53. The van der Waals surface area contributed by atoms with Gasteiger partial charge in [0.1, 0.15) is 23.2 Å². The minimum absolute atomic E-state index is 0.0225. The molecule has 0 radical (unpaired) electrons. The van der Waals surface area contributed by atoms with E-state index >= 15 is 0 Å². The molecule has 4 amide bonds. The molecule has 1 atom stereocenters. The predicted molar refractivity (Wildman–Crippen MR) is 215 cm³/mol. The molecule has 2 N–H and O–H groups in total. The van der Waals surface area contributed by atoms with Crippen molar-refractivity contribution in [1.29, 1.82) is 0 Å². The van der Waals surface area contributed by atoms with Gasteiger partial charge in [0.25, 0.3) is 11.8 Å². The van der Waals surface area contributed by atoms with Crippen LogP contribution in [-0.2, 0) is 22.7 Å². The van der Waals surface area contributed by atoms with E-state index in [9.17, 15) is 19.2 Å². The van der Waals surface area contributed by atoms with Crippen LogP contribution in [0.15, 0.2) is 48.8 Å². The van der Waals surface area contributed by atoms with Gasteiger partial charge in [-0.3, -0.25) is 34.3 Å². The number of rotatable bonds is 9. The molecule has 3 saturated heterocycles. The molecule has 4 aliphatic heterocycles. The highest BCUT2D eigenvalue weighted by Gasteiger charge is 2.39. The third-order valence-electron chi connectivity index (χ3n) is 12.6. The molecule has 1 unspecified atom stereocenters. The number of carbonyl (C=O) groups is 4. The zero-order valence-corrected chi connectivity index (χ0v) is 32.8. The molecule has 0 bridgehead atoms. The smallest absolute Gasteiger partial charge is 0.270 e. The van der Waals surface area contributed by atoms with Gasteiger partial charge in [-0.1, -0.05) is 25.0 Å². The van der Waals surface area contributed by atoms with Crippen molar-refractivity contribution < 1.29 is 19.2 Å². The number of imide groups is 1. The van der Waals surface area contributed by atoms with Gasteiger partial charge in [-0.25, -0.2) is 9.97 Å². The summed E-state index contributed by atoms with van der Waals surface area (Å²) in [5.74, 6) is 0.341. The first-order chi connectivity index (χ1) is 27.7. The number of benzene rings is 1. The van der Waals surface area contributed by atoms with Gasteiger partial charge in [0.05, 0.1) is 11.9 Å². The van der Waals surface area contributed by atoms with E-state index in [4.69, 9.17) is 9.97 Å². The van der Waals surface area contributed by atoms with Crippen molar-refractivity contribution in [1.82, 2.24) is 44.4 Å². The van der Waals surface area contributed by atoms with Crippen molar-refractivity contribution in [2.45, 2.75) is 82.6 Å². The van der Waals surface area contributed by atoms with Crippen LogP contribution >= 0.6 is 0 Å². The van der Waals surface area contributed by atoms with Gasteiger partial charge in [0, 0.05) is 102 Å². The molecule has 7 heterocycles. The minimum atomic E-state index is -0.591. The van der Waals surface area contributed by atoms with Crippen molar-refractivity contribution in [3.63, 3.8) is 0 Å². The zero-order chi connectivity index (χ0) is 39.2. The van der Waals surface area contributed by atoms with E-state index in [0.717, 1.165) is 107 Å². The summed E-state index contributed by atoms with van der Waals surface area (Å²) in [7, 11) is 3.57. The Hall–Kier alpha value is -5.41. The van der Waals surface area contributed by atoms with E-state index in [1.807, 2.05) is 30.5 Å². The van der Waals surface area contributed by atoms with Gasteiger partial charge in [-0.15, -0.1) is 0 Å². The maximum atomic E-state index is 13.1. The molecule has 15 heteroatoms. The second-order valence-corrected chi connectivity index (χ2v) is 16.5. The van der Waals surface area contributed by atoms with E-state index in [-0.39, 0.29) is 36.1 Å². The van der Waals surface area contributed by atoms with Crippen LogP contribution in [0, 0.1) is 0 Å². The molecular weight excluding hydrogens is 723 g/mol. The van der Waals surface area contributed by atoms with Crippen molar-refractivity contribution in [2.24, 2.45) is 0 Å². The first-order valence-electron chi connectivity index (χ1n) is 20.5. The average molecular weight is 774 g/mol. The third kappa shape index (κ3) is 7.45. The number of fused-ring (bicyclic) bond motifs is 2. The highest BCUT2D eigenvalue weighted by atomic mass is 16.2. The monoisotopic (exact) mass is 773 g/mol. The van der Waals surface area contributed by atoms with Gasteiger partial charge >= 0.3 is 0 Å². The number of pyridine rings is 1. The molecular formula is C42H51N11O4. The number of nitrogens with one attached hydrogen (secondary N) is 2. The van der Waals surface area contributed by atoms with E-state index in [1.165, 1.54) is 5.56 Å². The molecule has 15 nitrogen and oxygen atoms in total. The Kier molecular flexibility index (Phi) is 10.1. The number of aromatic nitrogens is 4. The standard InChI is InChI=1S/C42H51N11O4/c1-48(2)41(57)35-22-28-23-44-42(47-38(28)53(35)31-5-3-4-6-31)45-36-11-8-32(24-43-36)50-15-13-30(14-16-50)51-19-17-49(18-20-51)25-27-7-9-33-29(21-27)26-52(40(33)56)34-10-12-37(54)46-39(34)55/h7-9,11,21-24,30-31,34H,3-6,10,12-20,25-26H2,1-2H3,(H,46,54,55)(H,43,44,45,47). The summed E-state index contributed by atoms with van der Waals surface area (Å²) in [4.78, 5) is 75.2. The average Bonchev–Trinajstić information content (AvgIpc) is 3.96. The first kappa shape index (κ1) is 37.2. The fraction of sp³-hybridized carbons (Fsp3) is 0.500. The summed E-state index contributed by atoms with van der Waals surface area (Å²) in [6.45, 7) is 7.26. The van der Waals surface area contributed by atoms with E-state index in [0.29, 0.717) is 42.0 Å². The van der Waals surface area contributed by atoms with Crippen LogP contribution in [0.25, 0.3) is 11.0 Å². The first-order valence-corrected chi connectivity index (χ1v) is 20.5. The number of piperazine rings is 1. The molecule has 1 aromatic carbocycles. The largest absolute Gasteiger partial charge is 0.370 e. The predicted octanol–water partition coefficient (Wildman–Crippen LogP) is 3.93. The van der Waals surface area contributed by atoms with Crippen molar-refractivity contribution in [3.05, 3.63) is 71.2 Å². The lowest BCUT2D eigenvalue weighted by molar-refractivity contribution is -0.136. The Morgan fingerprint density at radius 1 is 0.877 bits per heavy atom. The molecule has 298 valence electrons. The van der Waals surface area contributed by atoms with E-state index in [2.05, 4.69) is 47.0 Å². The molecule has 57 heavy (non-hydrogen) atoms. The molecule has 3 aromatic heterocycles. The Bertz CT molecular complexity index is 2180. The van der Waals surface area contributed by atoms with Crippen LogP contribution in [0.5, 0.6) is 0 Å². The second kappa shape index (κ2) is 15.5. The summed E-state index contributed by atoms with van der Waals surface area (Å²) in [6, 6.07) is 12.3. The summed E-state index contributed by atoms with van der Waals surface area (Å²) < 4.78 is 2.12. The normalized spacial score (nSPS) is 21.4. The summed E-state index contributed by atoms with van der Waals surface area (Å²) in [6.07, 6.45) is 11.0. The number of hydrogen-bond acceptors (Lipinski definition) is 11. The Balaban J connectivity index is 0.757. The maximum absolute atomic E-state index is 13.1. The van der Waals surface area contributed by atoms with Crippen LogP contribution in [0.2, 0.25) is 0 Å². The lowest BCUT2D eigenvalue weighted by atomic mass is 10.0. The van der Waals surface area contributed by atoms with E-state index < -0.39 is 6.04 Å². The molecule has 4 aromatic rings. The van der Waals surface area contributed by atoms with Gasteiger partial charge in [-0.2, -0.15) is 4.98 Å². The topological polar surface area (TPSA) is 152 Å². The maximum Gasteiger partial charge on any atom is 0.270 e. The fourth-order valence-corrected chi connectivity index (χ4v) is 9.52. The number of amides is 4. The van der Waals surface area contributed by atoms with Crippen molar-refractivity contribution >= 4 is 52.1 Å². The molecule has 9 rings (SSSR count). The fourth-order valence-electron chi connectivity index (χ4n) is 9.52. The highest BCUT2D eigenvalue weighted by Crippen LogP contribution is 2.35. The molecule has 1 saturated carbocycles. The number of anilines is 3. The molecule has 4 fully saturated rings. The third-order valence-corrected chi connectivity index (χ3v) is 12.6. The zero-order valence-electron chi connectivity index (χ0n) is 32.8. The summed E-state index contributed by atoms with van der Waals surface area (Å²) >= 11 is 0.